The fourth-order valence-corrected chi connectivity index (χ4v) is 1.42. The normalized spacial score (nSPS) is 11.2. The topological polar surface area (TPSA) is 49.4 Å². The molecule has 0 fully saturated rings. The molecule has 0 bridgehead atoms. The van der Waals surface area contributed by atoms with Gasteiger partial charge in [0.2, 0.25) is 11.8 Å². The van der Waals surface area contributed by atoms with E-state index in [1.807, 2.05) is 6.92 Å². The quantitative estimate of drug-likeness (QED) is 0.564. The zero-order valence-electron chi connectivity index (χ0n) is 10.8. The van der Waals surface area contributed by atoms with E-state index in [0.29, 0.717) is 0 Å². The number of alkyl halides is 1. The van der Waals surface area contributed by atoms with Crippen LogP contribution in [0.15, 0.2) is 11.8 Å². The van der Waals surface area contributed by atoms with Crippen LogP contribution in [0, 0.1) is 0 Å². The van der Waals surface area contributed by atoms with Gasteiger partial charge in [0.1, 0.15) is 5.88 Å². The Morgan fingerprint density at radius 3 is 2.47 bits per heavy atom. The van der Waals surface area contributed by atoms with Crippen molar-refractivity contribution in [2.45, 2.75) is 40.0 Å². The Morgan fingerprint density at radius 2 is 2.00 bits per heavy atom. The van der Waals surface area contributed by atoms with Crippen LogP contribution in [0.5, 0.6) is 0 Å². The first-order valence-electron chi connectivity index (χ1n) is 5.78. The first-order valence-corrected chi connectivity index (χ1v) is 6.31. The summed E-state index contributed by atoms with van der Waals surface area (Å²) in [5.41, 5.74) is 1.11. The minimum atomic E-state index is -0.212. The maximum absolute atomic E-state index is 11.5. The molecule has 0 radical (unpaired) electrons. The van der Waals surface area contributed by atoms with E-state index in [2.05, 4.69) is 12.2 Å². The molecular formula is C12H21ClN2O2. The summed E-state index contributed by atoms with van der Waals surface area (Å²) in [6.07, 6.45) is 4.91. The van der Waals surface area contributed by atoms with Gasteiger partial charge in [-0.05, 0) is 19.8 Å². The van der Waals surface area contributed by atoms with E-state index in [9.17, 15) is 9.59 Å². The van der Waals surface area contributed by atoms with Gasteiger partial charge < -0.3 is 5.32 Å². The van der Waals surface area contributed by atoms with Crippen molar-refractivity contribution in [3.8, 4) is 0 Å². The predicted molar refractivity (Wildman–Crippen MR) is 69.5 cm³/mol. The maximum atomic E-state index is 11.5. The lowest BCUT2D eigenvalue weighted by atomic mass is 10.1. The molecule has 1 N–H and O–H groups in total. The van der Waals surface area contributed by atoms with Gasteiger partial charge in [-0.2, -0.15) is 0 Å². The van der Waals surface area contributed by atoms with E-state index >= 15 is 0 Å². The molecule has 0 heterocycles. The third-order valence-corrected chi connectivity index (χ3v) is 2.46. The molecule has 0 rings (SSSR count). The summed E-state index contributed by atoms with van der Waals surface area (Å²) in [4.78, 5) is 23.8. The van der Waals surface area contributed by atoms with Gasteiger partial charge in [-0.25, -0.2) is 0 Å². The van der Waals surface area contributed by atoms with Crippen molar-refractivity contribution in [1.82, 2.24) is 10.2 Å². The van der Waals surface area contributed by atoms with Crippen LogP contribution in [-0.2, 0) is 9.59 Å². The molecule has 0 aliphatic heterocycles. The zero-order chi connectivity index (χ0) is 13.3. The van der Waals surface area contributed by atoms with E-state index in [4.69, 9.17) is 11.6 Å². The summed E-state index contributed by atoms with van der Waals surface area (Å²) in [5.74, 6) is -0.467. The Kier molecular flexibility index (Phi) is 8.50. The van der Waals surface area contributed by atoms with Gasteiger partial charge in [0.25, 0.3) is 0 Å². The summed E-state index contributed by atoms with van der Waals surface area (Å²) in [6.45, 7) is 5.67. The summed E-state index contributed by atoms with van der Waals surface area (Å²) in [7, 11) is 0. The molecule has 0 atom stereocenters. The van der Waals surface area contributed by atoms with Crippen molar-refractivity contribution >= 4 is 23.4 Å². The Morgan fingerprint density at radius 1 is 1.35 bits per heavy atom. The van der Waals surface area contributed by atoms with Crippen molar-refractivity contribution in [3.05, 3.63) is 11.8 Å². The van der Waals surface area contributed by atoms with E-state index in [-0.39, 0.29) is 24.4 Å². The van der Waals surface area contributed by atoms with Gasteiger partial charge >= 0.3 is 0 Å². The number of allylic oxidation sites excluding steroid dienone is 1. The SMILES string of the molecule is CCCCC(C)=CN(CNC(C)=O)C(=O)CCl. The predicted octanol–water partition coefficient (Wildman–Crippen LogP) is 2.24. The smallest absolute Gasteiger partial charge is 0.242 e. The van der Waals surface area contributed by atoms with Crippen LogP contribution < -0.4 is 5.32 Å². The number of hydrogen-bond acceptors (Lipinski definition) is 2. The molecule has 0 saturated heterocycles. The van der Waals surface area contributed by atoms with Crippen molar-refractivity contribution in [2.24, 2.45) is 0 Å². The molecular weight excluding hydrogens is 240 g/mol. The largest absolute Gasteiger partial charge is 0.338 e. The number of carbonyl (C=O) groups is 2. The number of rotatable bonds is 7. The number of nitrogens with one attached hydrogen (secondary N) is 1. The molecule has 2 amide bonds. The number of nitrogens with zero attached hydrogens (tertiary/aromatic N) is 1. The number of carbonyl (C=O) groups excluding carboxylic acids is 2. The van der Waals surface area contributed by atoms with Crippen molar-refractivity contribution in [1.29, 1.82) is 0 Å². The zero-order valence-corrected chi connectivity index (χ0v) is 11.5. The highest BCUT2D eigenvalue weighted by Gasteiger charge is 2.10. The summed E-state index contributed by atoms with van der Waals surface area (Å²) >= 11 is 5.52. The third-order valence-electron chi connectivity index (χ3n) is 2.23. The van der Waals surface area contributed by atoms with E-state index in [1.54, 1.807) is 6.20 Å². The van der Waals surface area contributed by atoms with Crippen molar-refractivity contribution in [2.75, 3.05) is 12.5 Å². The van der Waals surface area contributed by atoms with E-state index < -0.39 is 0 Å². The van der Waals surface area contributed by atoms with E-state index in [1.165, 1.54) is 11.8 Å². The molecule has 0 aromatic heterocycles. The minimum Gasteiger partial charge on any atom is -0.338 e. The van der Waals surface area contributed by atoms with Crippen LogP contribution in [0.4, 0.5) is 0 Å². The highest BCUT2D eigenvalue weighted by Crippen LogP contribution is 2.07. The van der Waals surface area contributed by atoms with Crippen LogP contribution in [0.1, 0.15) is 40.0 Å². The average Bonchev–Trinajstić information content (AvgIpc) is 2.30. The van der Waals surface area contributed by atoms with Gasteiger partial charge in [0.05, 0.1) is 6.67 Å². The first kappa shape index (κ1) is 16.0. The van der Waals surface area contributed by atoms with Gasteiger partial charge in [0, 0.05) is 13.1 Å². The van der Waals surface area contributed by atoms with Crippen LogP contribution in [0.25, 0.3) is 0 Å². The molecule has 5 heteroatoms. The lowest BCUT2D eigenvalue weighted by Gasteiger charge is -2.18. The second-order valence-electron chi connectivity index (χ2n) is 3.97. The van der Waals surface area contributed by atoms with Crippen LogP contribution in [0.2, 0.25) is 0 Å². The summed E-state index contributed by atoms with van der Waals surface area (Å²) in [5, 5.41) is 2.59. The maximum Gasteiger partial charge on any atom is 0.242 e. The molecule has 98 valence electrons. The van der Waals surface area contributed by atoms with Gasteiger partial charge in [-0.3, -0.25) is 14.5 Å². The monoisotopic (exact) mass is 260 g/mol. The molecule has 0 unspecified atom stereocenters. The lowest BCUT2D eigenvalue weighted by molar-refractivity contribution is -0.127. The standard InChI is InChI=1S/C12H21ClN2O2/c1-4-5-6-10(2)8-15(12(17)7-13)9-14-11(3)16/h8H,4-7,9H2,1-3H3,(H,14,16). The Balaban J connectivity index is 4.46. The molecule has 0 aromatic carbocycles. The number of unbranched alkanes of at least 4 members (excludes halogenated alkanes) is 1. The molecule has 4 nitrogen and oxygen atoms in total. The highest BCUT2D eigenvalue weighted by atomic mass is 35.5. The molecule has 0 saturated carbocycles. The fourth-order valence-electron chi connectivity index (χ4n) is 1.27. The first-order chi connectivity index (χ1) is 8.01. The highest BCUT2D eigenvalue weighted by molar-refractivity contribution is 6.27. The van der Waals surface area contributed by atoms with Crippen LogP contribution in [0.3, 0.4) is 0 Å². The second-order valence-corrected chi connectivity index (χ2v) is 4.23. The Labute approximate surface area is 108 Å². The van der Waals surface area contributed by atoms with Gasteiger partial charge in [-0.1, -0.05) is 18.9 Å². The molecule has 0 aromatic rings. The van der Waals surface area contributed by atoms with Gasteiger partial charge in [-0.15, -0.1) is 11.6 Å². The van der Waals surface area contributed by atoms with Crippen molar-refractivity contribution < 1.29 is 9.59 Å². The third kappa shape index (κ3) is 7.80. The molecule has 0 spiro atoms. The van der Waals surface area contributed by atoms with Crippen LogP contribution in [-0.4, -0.2) is 29.3 Å². The molecule has 0 aliphatic rings. The number of halogens is 1. The number of hydrogen-bond donors (Lipinski definition) is 1. The molecule has 17 heavy (non-hydrogen) atoms. The minimum absolute atomic E-state index is 0.0862. The number of amides is 2. The lowest BCUT2D eigenvalue weighted by Crippen LogP contribution is -2.38. The van der Waals surface area contributed by atoms with Crippen molar-refractivity contribution in [3.63, 3.8) is 0 Å². The molecule has 0 aliphatic carbocycles. The Hall–Kier alpha value is -1.03. The summed E-state index contributed by atoms with van der Waals surface area (Å²) < 4.78 is 0. The second kappa shape index (κ2) is 9.05. The fraction of sp³-hybridized carbons (Fsp3) is 0.667. The van der Waals surface area contributed by atoms with E-state index in [0.717, 1.165) is 24.8 Å². The van der Waals surface area contributed by atoms with Gasteiger partial charge in [0.15, 0.2) is 0 Å². The Bertz CT molecular complexity index is 290. The summed E-state index contributed by atoms with van der Waals surface area (Å²) in [6, 6.07) is 0. The van der Waals surface area contributed by atoms with Crippen LogP contribution >= 0.6 is 11.6 Å². The average molecular weight is 261 g/mol.